The van der Waals surface area contributed by atoms with E-state index in [0.717, 1.165) is 40.9 Å². The number of hydrogen-bond donors (Lipinski definition) is 1. The molecule has 0 aliphatic heterocycles. The van der Waals surface area contributed by atoms with E-state index in [4.69, 9.17) is 4.74 Å². The van der Waals surface area contributed by atoms with Crippen molar-refractivity contribution in [1.82, 2.24) is 14.9 Å². The number of aromatic nitrogens is 2. The molecule has 0 bridgehead atoms. The van der Waals surface area contributed by atoms with Crippen LogP contribution in [0.2, 0.25) is 0 Å². The molecule has 3 rings (SSSR count). The summed E-state index contributed by atoms with van der Waals surface area (Å²) >= 11 is 0. The lowest BCUT2D eigenvalue weighted by molar-refractivity contribution is -0.123. The molecule has 0 saturated carbocycles. The summed E-state index contributed by atoms with van der Waals surface area (Å²) in [5.41, 5.74) is 4.26. The Bertz CT molecular complexity index is 870. The molecule has 1 aromatic heterocycles. The van der Waals surface area contributed by atoms with Crippen molar-refractivity contribution < 1.29 is 9.53 Å². The van der Waals surface area contributed by atoms with Gasteiger partial charge in [-0.2, -0.15) is 0 Å². The minimum atomic E-state index is -0.101. The van der Waals surface area contributed by atoms with E-state index in [1.807, 2.05) is 56.6 Å². The number of fused-ring (bicyclic) bond motifs is 1. The molecule has 1 amide bonds. The van der Waals surface area contributed by atoms with Crippen molar-refractivity contribution in [3.05, 3.63) is 59.9 Å². The van der Waals surface area contributed by atoms with Crippen LogP contribution in [0.5, 0.6) is 5.75 Å². The third kappa shape index (κ3) is 4.38. The first-order chi connectivity index (χ1) is 12.1. The molecular weight excluding hydrogens is 314 g/mol. The van der Waals surface area contributed by atoms with Crippen molar-refractivity contribution in [2.45, 2.75) is 26.8 Å². The molecule has 3 aromatic rings. The summed E-state index contributed by atoms with van der Waals surface area (Å²) in [4.78, 5) is 16.3. The lowest BCUT2D eigenvalue weighted by atomic mass is 10.1. The van der Waals surface area contributed by atoms with E-state index < -0.39 is 0 Å². The Morgan fingerprint density at radius 2 is 2.04 bits per heavy atom. The smallest absolute Gasteiger partial charge is 0.257 e. The summed E-state index contributed by atoms with van der Waals surface area (Å²) in [6.45, 7) is 5.45. The summed E-state index contributed by atoms with van der Waals surface area (Å²) in [6.07, 6.45) is 2.69. The Labute approximate surface area is 147 Å². The SMILES string of the molecule is Cc1ccc(C)c(OCC(=O)NCCCn2cnc3ccccc32)c1. The van der Waals surface area contributed by atoms with Crippen molar-refractivity contribution in [3.8, 4) is 5.75 Å². The van der Waals surface area contributed by atoms with Gasteiger partial charge in [-0.15, -0.1) is 0 Å². The number of rotatable bonds is 7. The number of para-hydroxylation sites is 2. The molecule has 0 atom stereocenters. The molecule has 1 heterocycles. The van der Waals surface area contributed by atoms with Crippen molar-refractivity contribution in [3.63, 3.8) is 0 Å². The van der Waals surface area contributed by atoms with Crippen LogP contribution in [0.4, 0.5) is 0 Å². The molecule has 0 unspecified atom stereocenters. The predicted molar refractivity (Wildman–Crippen MR) is 98.8 cm³/mol. The van der Waals surface area contributed by atoms with Crippen LogP contribution in [0.3, 0.4) is 0 Å². The molecule has 25 heavy (non-hydrogen) atoms. The first-order valence-electron chi connectivity index (χ1n) is 8.50. The molecular formula is C20H23N3O2. The summed E-state index contributed by atoms with van der Waals surface area (Å²) in [6, 6.07) is 14.0. The number of carbonyl (C=O) groups excluding carboxylic acids is 1. The zero-order chi connectivity index (χ0) is 17.6. The lowest BCUT2D eigenvalue weighted by Crippen LogP contribution is -2.30. The number of carbonyl (C=O) groups is 1. The van der Waals surface area contributed by atoms with E-state index in [9.17, 15) is 4.79 Å². The number of nitrogens with one attached hydrogen (secondary N) is 1. The molecule has 5 nitrogen and oxygen atoms in total. The first kappa shape index (κ1) is 17.0. The molecule has 0 spiro atoms. The van der Waals surface area contributed by atoms with Gasteiger partial charge in [0, 0.05) is 13.1 Å². The molecule has 130 valence electrons. The molecule has 5 heteroatoms. The molecule has 1 N–H and O–H groups in total. The fourth-order valence-corrected chi connectivity index (χ4v) is 2.72. The fraction of sp³-hybridized carbons (Fsp3) is 0.300. The van der Waals surface area contributed by atoms with Gasteiger partial charge in [0.1, 0.15) is 5.75 Å². The minimum absolute atomic E-state index is 0.0400. The van der Waals surface area contributed by atoms with Gasteiger partial charge in [0.15, 0.2) is 6.61 Å². The first-order valence-corrected chi connectivity index (χ1v) is 8.50. The number of ether oxygens (including phenoxy) is 1. The van der Waals surface area contributed by atoms with E-state index in [1.165, 1.54) is 0 Å². The normalized spacial score (nSPS) is 10.8. The molecule has 2 aromatic carbocycles. The van der Waals surface area contributed by atoms with Gasteiger partial charge in [-0.05, 0) is 49.6 Å². The summed E-state index contributed by atoms with van der Waals surface area (Å²) in [5.74, 6) is 0.663. The maximum Gasteiger partial charge on any atom is 0.257 e. The highest BCUT2D eigenvalue weighted by Crippen LogP contribution is 2.18. The van der Waals surface area contributed by atoms with Crippen LogP contribution in [0.25, 0.3) is 11.0 Å². The molecule has 0 saturated heterocycles. The number of hydrogen-bond acceptors (Lipinski definition) is 3. The Hall–Kier alpha value is -2.82. The maximum atomic E-state index is 11.9. The van der Waals surface area contributed by atoms with E-state index in [2.05, 4.69) is 20.9 Å². The standard InChI is InChI=1S/C20H23N3O2/c1-15-8-9-16(2)19(12-15)25-13-20(24)21-10-5-11-23-14-22-17-6-3-4-7-18(17)23/h3-4,6-9,12,14H,5,10-11,13H2,1-2H3,(H,21,24). The van der Waals surface area contributed by atoms with Crippen LogP contribution in [0.15, 0.2) is 48.8 Å². The second-order valence-corrected chi connectivity index (χ2v) is 6.19. The van der Waals surface area contributed by atoms with Crippen molar-refractivity contribution in [2.75, 3.05) is 13.2 Å². The monoisotopic (exact) mass is 337 g/mol. The Morgan fingerprint density at radius 3 is 2.92 bits per heavy atom. The van der Waals surface area contributed by atoms with Gasteiger partial charge in [-0.25, -0.2) is 4.98 Å². The molecule has 0 aliphatic rings. The van der Waals surface area contributed by atoms with E-state index in [1.54, 1.807) is 0 Å². The predicted octanol–water partition coefficient (Wildman–Crippen LogP) is 3.24. The Kier molecular flexibility index (Phi) is 5.33. The van der Waals surface area contributed by atoms with Crippen molar-refractivity contribution in [1.29, 1.82) is 0 Å². The van der Waals surface area contributed by atoms with Crippen molar-refractivity contribution >= 4 is 16.9 Å². The third-order valence-electron chi connectivity index (χ3n) is 4.13. The van der Waals surface area contributed by atoms with Gasteiger partial charge in [0.05, 0.1) is 17.4 Å². The Balaban J connectivity index is 1.41. The van der Waals surface area contributed by atoms with Crippen molar-refractivity contribution in [2.24, 2.45) is 0 Å². The van der Waals surface area contributed by atoms with Crippen LogP contribution in [-0.4, -0.2) is 28.6 Å². The lowest BCUT2D eigenvalue weighted by Gasteiger charge is -2.10. The summed E-state index contributed by atoms with van der Waals surface area (Å²) < 4.78 is 7.72. The number of aryl methyl sites for hydroxylation is 3. The summed E-state index contributed by atoms with van der Waals surface area (Å²) in [5, 5.41) is 2.90. The average Bonchev–Trinajstić information content (AvgIpc) is 3.03. The number of nitrogens with zero attached hydrogens (tertiary/aromatic N) is 2. The third-order valence-corrected chi connectivity index (χ3v) is 4.13. The van der Waals surface area contributed by atoms with E-state index in [0.29, 0.717) is 6.54 Å². The average molecular weight is 337 g/mol. The molecule has 0 aliphatic carbocycles. The van der Waals surface area contributed by atoms with Gasteiger partial charge >= 0.3 is 0 Å². The largest absolute Gasteiger partial charge is 0.483 e. The number of benzene rings is 2. The van der Waals surface area contributed by atoms with Crippen LogP contribution >= 0.6 is 0 Å². The van der Waals surface area contributed by atoms with Crippen LogP contribution in [-0.2, 0) is 11.3 Å². The summed E-state index contributed by atoms with van der Waals surface area (Å²) in [7, 11) is 0. The van der Waals surface area contributed by atoms with Crippen LogP contribution in [0, 0.1) is 13.8 Å². The second-order valence-electron chi connectivity index (χ2n) is 6.19. The topological polar surface area (TPSA) is 56.1 Å². The molecule has 0 radical (unpaired) electrons. The molecule has 0 fully saturated rings. The maximum absolute atomic E-state index is 11.9. The van der Waals surface area contributed by atoms with Crippen LogP contribution < -0.4 is 10.1 Å². The van der Waals surface area contributed by atoms with Gasteiger partial charge in [0.2, 0.25) is 0 Å². The zero-order valence-corrected chi connectivity index (χ0v) is 14.7. The van der Waals surface area contributed by atoms with E-state index in [-0.39, 0.29) is 12.5 Å². The quantitative estimate of drug-likeness (QED) is 0.674. The van der Waals surface area contributed by atoms with Gasteiger partial charge in [0.25, 0.3) is 5.91 Å². The number of amides is 1. The highest BCUT2D eigenvalue weighted by Gasteiger charge is 2.05. The number of imidazole rings is 1. The highest BCUT2D eigenvalue weighted by molar-refractivity contribution is 5.77. The van der Waals surface area contributed by atoms with Gasteiger partial charge in [-0.3, -0.25) is 4.79 Å². The van der Waals surface area contributed by atoms with Gasteiger partial charge in [-0.1, -0.05) is 24.3 Å². The highest BCUT2D eigenvalue weighted by atomic mass is 16.5. The van der Waals surface area contributed by atoms with E-state index >= 15 is 0 Å². The second kappa shape index (κ2) is 7.83. The minimum Gasteiger partial charge on any atom is -0.483 e. The Morgan fingerprint density at radius 1 is 1.20 bits per heavy atom. The van der Waals surface area contributed by atoms with Gasteiger partial charge < -0.3 is 14.6 Å². The van der Waals surface area contributed by atoms with Crippen LogP contribution in [0.1, 0.15) is 17.5 Å². The zero-order valence-electron chi connectivity index (χ0n) is 14.7. The fourth-order valence-electron chi connectivity index (χ4n) is 2.72.